The summed E-state index contributed by atoms with van der Waals surface area (Å²) in [5.41, 5.74) is 1.90. The topological polar surface area (TPSA) is 83.1 Å². The van der Waals surface area contributed by atoms with Crippen molar-refractivity contribution in [1.82, 2.24) is 14.9 Å². The third-order valence-electron chi connectivity index (χ3n) is 6.62. The number of fused-ring (bicyclic) bond motifs is 3. The van der Waals surface area contributed by atoms with E-state index >= 15 is 0 Å². The molecule has 0 spiro atoms. The highest BCUT2D eigenvalue weighted by Crippen LogP contribution is 2.33. The minimum Gasteiger partial charge on any atom is -0.342 e. The molecule has 1 fully saturated rings. The molecule has 6 nitrogen and oxygen atoms in total. The summed E-state index contributed by atoms with van der Waals surface area (Å²) in [5, 5.41) is 0.771. The quantitative estimate of drug-likeness (QED) is 0.533. The van der Waals surface area contributed by atoms with Crippen LogP contribution in [-0.2, 0) is 23.4 Å². The Kier molecular flexibility index (Phi) is 6.64. The van der Waals surface area contributed by atoms with Crippen LogP contribution in [0.25, 0.3) is 10.2 Å². The summed E-state index contributed by atoms with van der Waals surface area (Å²) in [6, 6.07) is 9.40. The molecule has 1 amide bonds. The highest BCUT2D eigenvalue weighted by atomic mass is 32.2. The van der Waals surface area contributed by atoms with Gasteiger partial charge in [-0.05, 0) is 44.1 Å². The van der Waals surface area contributed by atoms with E-state index in [4.69, 9.17) is 0 Å². The van der Waals surface area contributed by atoms with Gasteiger partial charge in [-0.15, -0.1) is 23.1 Å². The van der Waals surface area contributed by atoms with Gasteiger partial charge in [0.2, 0.25) is 5.91 Å². The molecular weight excluding hydrogens is 454 g/mol. The molecule has 5 rings (SSSR count). The number of carbonyl (C=O) groups excluding carboxylic acids is 2. The lowest BCUT2D eigenvalue weighted by Crippen LogP contribution is -2.41. The fraction of sp³-hybridized carbons (Fsp3) is 0.440. The first-order valence-corrected chi connectivity index (χ1v) is 13.6. The second kappa shape index (κ2) is 9.81. The van der Waals surface area contributed by atoms with Crippen LogP contribution in [0.5, 0.6) is 0 Å². The summed E-state index contributed by atoms with van der Waals surface area (Å²) in [6.45, 7) is 1.23. The van der Waals surface area contributed by atoms with Crippen molar-refractivity contribution in [1.29, 1.82) is 0 Å². The van der Waals surface area contributed by atoms with E-state index < -0.39 is 0 Å². The number of thiophene rings is 1. The number of carbonyl (C=O) groups is 2. The van der Waals surface area contributed by atoms with Gasteiger partial charge in [-0.25, -0.2) is 4.98 Å². The number of Topliss-reactive ketones (excluding diaryl/α,β-unsaturated/α-hetero) is 1. The van der Waals surface area contributed by atoms with Crippen LogP contribution in [0.2, 0.25) is 0 Å². The number of thioether (sulfide) groups is 1. The van der Waals surface area contributed by atoms with Crippen LogP contribution in [0.15, 0.2) is 35.1 Å². The van der Waals surface area contributed by atoms with E-state index in [1.807, 2.05) is 35.2 Å². The van der Waals surface area contributed by atoms with Crippen molar-refractivity contribution in [2.45, 2.75) is 44.3 Å². The first kappa shape index (κ1) is 22.3. The maximum atomic E-state index is 12.7. The fourth-order valence-electron chi connectivity index (χ4n) is 4.83. The molecule has 1 N–H and O–H groups in total. The van der Waals surface area contributed by atoms with Gasteiger partial charge in [0.15, 0.2) is 5.78 Å². The molecule has 0 bridgehead atoms. The van der Waals surface area contributed by atoms with Crippen LogP contribution in [-0.4, -0.2) is 45.4 Å². The maximum Gasteiger partial charge on any atom is 0.259 e. The molecule has 33 heavy (non-hydrogen) atoms. The van der Waals surface area contributed by atoms with Gasteiger partial charge in [-0.2, -0.15) is 0 Å². The SMILES string of the molecule is O=C(c1ccccc1)C1CCN(C(=O)CSCc2nc3sc4c(c3c(=O)[nH]2)CCCC4)CC1. The zero-order valence-electron chi connectivity index (χ0n) is 18.5. The van der Waals surface area contributed by atoms with Crippen LogP contribution < -0.4 is 5.56 Å². The number of aromatic amines is 1. The number of amides is 1. The molecule has 2 aromatic heterocycles. The normalized spacial score (nSPS) is 16.7. The number of piperidine rings is 1. The molecule has 1 aliphatic carbocycles. The summed E-state index contributed by atoms with van der Waals surface area (Å²) in [5.74, 6) is 1.73. The summed E-state index contributed by atoms with van der Waals surface area (Å²) >= 11 is 3.13. The summed E-state index contributed by atoms with van der Waals surface area (Å²) < 4.78 is 0. The molecule has 1 saturated heterocycles. The van der Waals surface area contributed by atoms with Gasteiger partial charge in [0.25, 0.3) is 5.56 Å². The Morgan fingerprint density at radius 3 is 2.67 bits per heavy atom. The predicted molar refractivity (Wildman–Crippen MR) is 133 cm³/mol. The number of nitrogens with zero attached hydrogens (tertiary/aromatic N) is 2. The number of rotatable bonds is 6. The summed E-state index contributed by atoms with van der Waals surface area (Å²) in [4.78, 5) is 49.6. The van der Waals surface area contributed by atoms with Crippen molar-refractivity contribution in [2.24, 2.45) is 5.92 Å². The minimum atomic E-state index is -0.0496. The van der Waals surface area contributed by atoms with Crippen molar-refractivity contribution in [3.8, 4) is 0 Å². The largest absolute Gasteiger partial charge is 0.342 e. The monoisotopic (exact) mass is 481 g/mol. The Labute approximate surface area is 200 Å². The zero-order valence-corrected chi connectivity index (χ0v) is 20.1. The molecule has 1 aromatic carbocycles. The van der Waals surface area contributed by atoms with Gasteiger partial charge in [0, 0.05) is 29.4 Å². The van der Waals surface area contributed by atoms with Crippen LogP contribution in [0.3, 0.4) is 0 Å². The first-order chi connectivity index (χ1) is 16.1. The van der Waals surface area contributed by atoms with E-state index in [1.165, 1.54) is 28.6 Å². The molecule has 3 heterocycles. The average molecular weight is 482 g/mol. The number of aryl methyl sites for hydroxylation is 2. The van der Waals surface area contributed by atoms with E-state index in [9.17, 15) is 14.4 Å². The number of H-pyrrole nitrogens is 1. The van der Waals surface area contributed by atoms with Crippen LogP contribution in [0.1, 0.15) is 52.3 Å². The molecule has 2 aliphatic rings. The third-order valence-corrected chi connectivity index (χ3v) is 8.73. The van der Waals surface area contributed by atoms with Crippen molar-refractivity contribution >= 4 is 45.0 Å². The van der Waals surface area contributed by atoms with Crippen LogP contribution >= 0.6 is 23.1 Å². The molecule has 0 atom stereocenters. The first-order valence-electron chi connectivity index (χ1n) is 11.6. The molecule has 1 aliphatic heterocycles. The third kappa shape index (κ3) is 4.77. The summed E-state index contributed by atoms with van der Waals surface area (Å²) in [6.07, 6.45) is 5.74. The Hall–Kier alpha value is -2.45. The lowest BCUT2D eigenvalue weighted by Gasteiger charge is -2.31. The fourth-order valence-corrected chi connectivity index (χ4v) is 6.90. The Bertz CT molecular complexity index is 1230. The van der Waals surface area contributed by atoms with Gasteiger partial charge >= 0.3 is 0 Å². The highest BCUT2D eigenvalue weighted by molar-refractivity contribution is 7.99. The second-order valence-electron chi connectivity index (χ2n) is 8.78. The molecule has 3 aromatic rings. The predicted octanol–water partition coefficient (Wildman–Crippen LogP) is 4.22. The van der Waals surface area contributed by atoms with Crippen LogP contribution in [0, 0.1) is 5.92 Å². The number of aromatic nitrogens is 2. The lowest BCUT2D eigenvalue weighted by molar-refractivity contribution is -0.129. The molecule has 8 heteroatoms. The number of likely N-dealkylation sites (tertiary alicyclic amines) is 1. The standard InChI is InChI=1S/C25H27N3O3S2/c29-21(28-12-10-17(11-13-28)23(30)16-6-2-1-3-7-16)15-32-14-20-26-24(31)22-18-8-4-5-9-19(18)33-25(22)27-20/h1-3,6-7,17H,4-5,8-15H2,(H,26,27,31). The summed E-state index contributed by atoms with van der Waals surface area (Å²) in [7, 11) is 0. The van der Waals surface area contributed by atoms with Gasteiger partial charge in [0.05, 0.1) is 16.9 Å². The molecule has 172 valence electrons. The highest BCUT2D eigenvalue weighted by Gasteiger charge is 2.28. The van der Waals surface area contributed by atoms with Gasteiger partial charge in [-0.3, -0.25) is 14.4 Å². The second-order valence-corrected chi connectivity index (χ2v) is 10.9. The number of hydrogen-bond acceptors (Lipinski definition) is 6. The number of nitrogens with one attached hydrogen (secondary N) is 1. The maximum absolute atomic E-state index is 12.7. The molecule has 0 radical (unpaired) electrons. The number of ketones is 1. The van der Waals surface area contributed by atoms with E-state index in [1.54, 1.807) is 11.3 Å². The number of hydrogen-bond donors (Lipinski definition) is 1. The van der Waals surface area contributed by atoms with E-state index in [-0.39, 0.29) is 23.2 Å². The minimum absolute atomic E-state index is 0.0123. The average Bonchev–Trinajstić information content (AvgIpc) is 3.23. The number of benzene rings is 1. The van der Waals surface area contributed by atoms with Gasteiger partial charge in [-0.1, -0.05) is 30.3 Å². The van der Waals surface area contributed by atoms with Crippen molar-refractivity contribution < 1.29 is 9.59 Å². The molecule has 0 unspecified atom stereocenters. The molecule has 0 saturated carbocycles. The van der Waals surface area contributed by atoms with Gasteiger partial charge < -0.3 is 9.88 Å². The smallest absolute Gasteiger partial charge is 0.259 e. The van der Waals surface area contributed by atoms with Gasteiger partial charge in [0.1, 0.15) is 10.7 Å². The van der Waals surface area contributed by atoms with Crippen molar-refractivity contribution in [3.05, 3.63) is 62.5 Å². The van der Waals surface area contributed by atoms with E-state index in [0.29, 0.717) is 43.3 Å². The Balaban J connectivity index is 1.13. The van der Waals surface area contributed by atoms with Crippen LogP contribution in [0.4, 0.5) is 0 Å². The van der Waals surface area contributed by atoms with E-state index in [0.717, 1.165) is 35.0 Å². The van der Waals surface area contributed by atoms with Crippen molar-refractivity contribution in [2.75, 3.05) is 18.8 Å². The van der Waals surface area contributed by atoms with E-state index in [2.05, 4.69) is 9.97 Å². The molecular formula is C25H27N3O3S2. The zero-order chi connectivity index (χ0) is 22.8. The Morgan fingerprint density at radius 2 is 1.88 bits per heavy atom. The Morgan fingerprint density at radius 1 is 1.12 bits per heavy atom. The van der Waals surface area contributed by atoms with Crippen molar-refractivity contribution in [3.63, 3.8) is 0 Å². The lowest BCUT2D eigenvalue weighted by atomic mass is 9.89.